The molecular formula is C49H49N4OPt-3. The van der Waals surface area contributed by atoms with Crippen LogP contribution in [-0.2, 0) is 37.3 Å². The predicted molar refractivity (Wildman–Crippen MR) is 225 cm³/mol. The van der Waals surface area contributed by atoms with E-state index >= 15 is 0 Å². The molecule has 5 aromatic carbocycles. The molecule has 0 fully saturated rings. The molecule has 1 aliphatic rings. The van der Waals surface area contributed by atoms with Crippen molar-refractivity contribution in [1.82, 2.24) is 9.55 Å². The Kier molecular flexibility index (Phi) is 10.0. The summed E-state index contributed by atoms with van der Waals surface area (Å²) in [4.78, 5) is 9.55. The van der Waals surface area contributed by atoms with E-state index in [0.717, 1.165) is 50.2 Å². The zero-order valence-corrected chi connectivity index (χ0v) is 35.5. The molecule has 7 aromatic rings. The smallest absolute Gasteiger partial charge is 0.135 e. The Morgan fingerprint density at radius 2 is 1.29 bits per heavy atom. The Labute approximate surface area is 341 Å². The van der Waals surface area contributed by atoms with Gasteiger partial charge >= 0.3 is 0 Å². The molecule has 0 aliphatic carbocycles. The zero-order chi connectivity index (χ0) is 38.0. The number of fused-ring (bicyclic) bond motifs is 4. The Morgan fingerprint density at radius 3 is 2.02 bits per heavy atom. The van der Waals surface area contributed by atoms with Gasteiger partial charge in [0.1, 0.15) is 5.82 Å². The maximum atomic E-state index is 6.75. The van der Waals surface area contributed by atoms with Gasteiger partial charge in [-0.15, -0.1) is 47.0 Å². The molecule has 284 valence electrons. The summed E-state index contributed by atoms with van der Waals surface area (Å²) < 4.78 is 8.96. The Morgan fingerprint density at radius 1 is 0.618 bits per heavy atom. The van der Waals surface area contributed by atoms with Crippen LogP contribution in [0.25, 0.3) is 27.6 Å². The largest absolute Gasteiger partial charge is 0.511 e. The van der Waals surface area contributed by atoms with Gasteiger partial charge in [0.2, 0.25) is 0 Å². The van der Waals surface area contributed by atoms with Crippen LogP contribution in [0.4, 0.5) is 22.7 Å². The summed E-state index contributed by atoms with van der Waals surface area (Å²) in [5.74, 6) is 2.14. The molecule has 0 bridgehead atoms. The SMILES string of the molecule is CC(C)(C)c1cc(Oc2[c-]c3c(cc2)c2ccccc2n3-c2cc(C(C)(C)C)ccn2)[c-]c(N2[CH-]CN(c3ccccc3C(C)(C)C)c3ccccc32)c1.[Pt]. The molecule has 0 unspecified atom stereocenters. The van der Waals surface area contributed by atoms with Crippen LogP contribution in [0.3, 0.4) is 0 Å². The number of ether oxygens (including phenoxy) is 1. The number of aromatic nitrogens is 2. The van der Waals surface area contributed by atoms with E-state index in [0.29, 0.717) is 18.0 Å². The molecule has 55 heavy (non-hydrogen) atoms. The number of hydrogen-bond donors (Lipinski definition) is 0. The fourth-order valence-corrected chi connectivity index (χ4v) is 7.50. The van der Waals surface area contributed by atoms with Crippen molar-refractivity contribution in [3.05, 3.63) is 151 Å². The van der Waals surface area contributed by atoms with Crippen molar-refractivity contribution in [2.45, 2.75) is 78.6 Å². The summed E-state index contributed by atoms with van der Waals surface area (Å²) in [5.41, 5.74) is 10.0. The summed E-state index contributed by atoms with van der Waals surface area (Å²) in [5, 5.41) is 2.26. The fraction of sp³-hybridized carbons (Fsp3) is 0.265. The Bertz CT molecular complexity index is 2510. The maximum absolute atomic E-state index is 6.75. The minimum Gasteiger partial charge on any atom is -0.511 e. The monoisotopic (exact) mass is 904 g/mol. The first-order valence-corrected chi connectivity index (χ1v) is 18.9. The van der Waals surface area contributed by atoms with Crippen LogP contribution in [0.2, 0.25) is 0 Å². The van der Waals surface area contributed by atoms with Crippen molar-refractivity contribution >= 4 is 44.6 Å². The van der Waals surface area contributed by atoms with E-state index in [-0.39, 0.29) is 37.3 Å². The van der Waals surface area contributed by atoms with Crippen molar-refractivity contribution in [2.24, 2.45) is 0 Å². The van der Waals surface area contributed by atoms with Gasteiger partial charge in [-0.2, -0.15) is 6.07 Å². The van der Waals surface area contributed by atoms with Crippen LogP contribution in [0.15, 0.2) is 115 Å². The van der Waals surface area contributed by atoms with E-state index < -0.39 is 0 Å². The van der Waals surface area contributed by atoms with E-state index in [4.69, 9.17) is 9.72 Å². The summed E-state index contributed by atoms with van der Waals surface area (Å²) in [6, 6.07) is 46.0. The van der Waals surface area contributed by atoms with E-state index in [1.807, 2.05) is 12.3 Å². The normalized spacial score (nSPS) is 13.5. The van der Waals surface area contributed by atoms with Gasteiger partial charge in [0.15, 0.2) is 0 Å². The fourth-order valence-electron chi connectivity index (χ4n) is 7.50. The van der Waals surface area contributed by atoms with Gasteiger partial charge in [0.25, 0.3) is 0 Å². The zero-order valence-electron chi connectivity index (χ0n) is 33.3. The van der Waals surface area contributed by atoms with Gasteiger partial charge in [-0.25, -0.2) is 11.5 Å². The molecule has 0 saturated carbocycles. The van der Waals surface area contributed by atoms with Crippen molar-refractivity contribution in [2.75, 3.05) is 16.3 Å². The number of para-hydroxylation sites is 4. The maximum Gasteiger partial charge on any atom is 0.135 e. The molecule has 2 aromatic heterocycles. The van der Waals surface area contributed by atoms with Crippen LogP contribution < -0.4 is 14.5 Å². The molecule has 0 spiro atoms. The third kappa shape index (κ3) is 7.32. The molecule has 5 nitrogen and oxygen atoms in total. The van der Waals surface area contributed by atoms with Crippen molar-refractivity contribution in [1.29, 1.82) is 0 Å². The van der Waals surface area contributed by atoms with Crippen molar-refractivity contribution in [3.63, 3.8) is 0 Å². The molecule has 1 aliphatic heterocycles. The molecule has 0 amide bonds. The standard InChI is InChI=1S/C49H49N4O.Pt/c1-47(2,3)33-24-25-50-46(30-33)53-41-18-12-10-16-38(41)39-23-22-36(32-45(39)53)54-37-29-34(48(4,5)6)28-35(31-37)51-26-27-52(44-21-15-14-20-43(44)51)42-19-13-11-17-40(42)49(7,8)9;/h10-26,28-30H,27H2,1-9H3;/q-3;. The molecule has 3 heterocycles. The van der Waals surface area contributed by atoms with Crippen LogP contribution in [0, 0.1) is 18.7 Å². The molecule has 6 heteroatoms. The summed E-state index contributed by atoms with van der Waals surface area (Å²) >= 11 is 0. The van der Waals surface area contributed by atoms with Gasteiger partial charge < -0.3 is 19.1 Å². The molecule has 0 N–H and O–H groups in total. The molecule has 0 radical (unpaired) electrons. The van der Waals surface area contributed by atoms with Crippen LogP contribution in [0.1, 0.15) is 79.0 Å². The average Bonchev–Trinajstić information content (AvgIpc) is 3.47. The van der Waals surface area contributed by atoms with E-state index in [9.17, 15) is 0 Å². The molecule has 0 saturated heterocycles. The van der Waals surface area contributed by atoms with Gasteiger partial charge in [0.05, 0.1) is 5.69 Å². The van der Waals surface area contributed by atoms with Gasteiger partial charge in [-0.1, -0.05) is 123 Å². The topological polar surface area (TPSA) is 33.5 Å². The van der Waals surface area contributed by atoms with E-state index in [1.54, 1.807) is 0 Å². The second-order valence-corrected chi connectivity index (χ2v) is 17.5. The summed E-state index contributed by atoms with van der Waals surface area (Å²) in [6.07, 6.45) is 1.91. The first-order chi connectivity index (χ1) is 25.7. The summed E-state index contributed by atoms with van der Waals surface area (Å²) in [7, 11) is 0. The van der Waals surface area contributed by atoms with Gasteiger partial charge in [0, 0.05) is 55.7 Å². The van der Waals surface area contributed by atoms with Gasteiger partial charge in [-0.3, -0.25) is 0 Å². The van der Waals surface area contributed by atoms with Crippen molar-refractivity contribution in [3.8, 4) is 17.3 Å². The molecule has 0 atom stereocenters. The third-order valence-electron chi connectivity index (χ3n) is 10.5. The predicted octanol–water partition coefficient (Wildman–Crippen LogP) is 12.9. The van der Waals surface area contributed by atoms with E-state index in [1.165, 1.54) is 16.8 Å². The van der Waals surface area contributed by atoms with Crippen LogP contribution in [-0.4, -0.2) is 16.1 Å². The molecular weight excluding hydrogens is 856 g/mol. The van der Waals surface area contributed by atoms with E-state index in [2.05, 4.69) is 198 Å². The molecule has 8 rings (SSSR count). The second-order valence-electron chi connectivity index (χ2n) is 17.5. The third-order valence-corrected chi connectivity index (χ3v) is 10.5. The number of hydrogen-bond acceptors (Lipinski definition) is 4. The van der Waals surface area contributed by atoms with Crippen LogP contribution >= 0.6 is 0 Å². The number of pyridine rings is 1. The second kappa shape index (κ2) is 14.3. The first kappa shape index (κ1) is 38.4. The Hall–Kier alpha value is -4.86. The quantitative estimate of drug-likeness (QED) is 0.161. The van der Waals surface area contributed by atoms with Crippen molar-refractivity contribution < 1.29 is 25.8 Å². The number of nitrogens with zero attached hydrogens (tertiary/aromatic N) is 4. The van der Waals surface area contributed by atoms with Crippen LogP contribution in [0.5, 0.6) is 11.5 Å². The first-order valence-electron chi connectivity index (χ1n) is 18.9. The number of benzene rings is 5. The summed E-state index contributed by atoms with van der Waals surface area (Å²) in [6.45, 7) is 23.2. The number of anilines is 4. The Balaban J connectivity index is 0.00000465. The minimum absolute atomic E-state index is 0. The van der Waals surface area contributed by atoms with Gasteiger partial charge in [-0.05, 0) is 69.2 Å². The minimum atomic E-state index is -0.126. The number of rotatable bonds is 5. The average molecular weight is 905 g/mol.